The molecule has 7 heteroatoms. The molecule has 0 bridgehead atoms. The van der Waals surface area contributed by atoms with Gasteiger partial charge in [-0.2, -0.15) is 5.10 Å². The van der Waals surface area contributed by atoms with Gasteiger partial charge in [0.25, 0.3) is 0 Å². The SMILES string of the molecule is Cc1cc(COc2c(C)nn(C)c2C)oc1C(=O)NN. The summed E-state index contributed by atoms with van der Waals surface area (Å²) in [4.78, 5) is 11.4. The summed E-state index contributed by atoms with van der Waals surface area (Å²) in [5.74, 6) is 6.12. The van der Waals surface area contributed by atoms with Gasteiger partial charge in [0.1, 0.15) is 18.1 Å². The van der Waals surface area contributed by atoms with E-state index in [1.54, 1.807) is 17.7 Å². The molecule has 0 aliphatic rings. The van der Waals surface area contributed by atoms with Crippen LogP contribution in [0.3, 0.4) is 0 Å². The molecular formula is C13H18N4O3. The summed E-state index contributed by atoms with van der Waals surface area (Å²) in [7, 11) is 1.86. The van der Waals surface area contributed by atoms with Crippen molar-refractivity contribution in [3.8, 4) is 5.75 Å². The molecule has 2 rings (SSSR count). The zero-order valence-corrected chi connectivity index (χ0v) is 12.0. The second-order valence-corrected chi connectivity index (χ2v) is 4.61. The second kappa shape index (κ2) is 5.38. The summed E-state index contributed by atoms with van der Waals surface area (Å²) in [6.45, 7) is 5.81. The van der Waals surface area contributed by atoms with Gasteiger partial charge in [-0.15, -0.1) is 0 Å². The average molecular weight is 278 g/mol. The van der Waals surface area contributed by atoms with Crippen LogP contribution in [0.5, 0.6) is 5.75 Å². The number of carbonyl (C=O) groups is 1. The lowest BCUT2D eigenvalue weighted by Crippen LogP contribution is -2.30. The van der Waals surface area contributed by atoms with E-state index in [-0.39, 0.29) is 12.4 Å². The highest BCUT2D eigenvalue weighted by atomic mass is 16.5. The Balaban J connectivity index is 2.13. The van der Waals surface area contributed by atoms with E-state index in [9.17, 15) is 4.79 Å². The first-order chi connectivity index (χ1) is 9.43. The van der Waals surface area contributed by atoms with Gasteiger partial charge in [0, 0.05) is 12.6 Å². The fourth-order valence-corrected chi connectivity index (χ4v) is 2.02. The summed E-state index contributed by atoms with van der Waals surface area (Å²) in [5.41, 5.74) is 4.51. The topological polar surface area (TPSA) is 95.3 Å². The molecule has 108 valence electrons. The van der Waals surface area contributed by atoms with Crippen LogP contribution in [-0.2, 0) is 13.7 Å². The lowest BCUT2D eigenvalue weighted by Gasteiger charge is -2.04. The molecule has 7 nitrogen and oxygen atoms in total. The first-order valence-corrected chi connectivity index (χ1v) is 6.17. The summed E-state index contributed by atoms with van der Waals surface area (Å²) >= 11 is 0. The maximum Gasteiger partial charge on any atom is 0.301 e. The Kier molecular flexibility index (Phi) is 3.80. The number of nitrogens with zero attached hydrogens (tertiary/aromatic N) is 2. The maximum absolute atomic E-state index is 11.4. The number of aromatic nitrogens is 2. The molecule has 0 aliphatic carbocycles. The van der Waals surface area contributed by atoms with Crippen molar-refractivity contribution in [3.63, 3.8) is 0 Å². The van der Waals surface area contributed by atoms with Gasteiger partial charge in [0.05, 0.1) is 5.69 Å². The predicted molar refractivity (Wildman–Crippen MR) is 72.1 cm³/mol. The van der Waals surface area contributed by atoms with E-state index in [1.807, 2.05) is 26.3 Å². The predicted octanol–water partition coefficient (Wildman–Crippen LogP) is 1.12. The Labute approximate surface area is 116 Å². The third-order valence-corrected chi connectivity index (χ3v) is 3.11. The molecule has 2 aromatic heterocycles. The third kappa shape index (κ3) is 2.53. The van der Waals surface area contributed by atoms with Crippen LogP contribution < -0.4 is 16.0 Å². The number of hydrogen-bond donors (Lipinski definition) is 2. The van der Waals surface area contributed by atoms with Gasteiger partial charge in [-0.1, -0.05) is 0 Å². The largest absolute Gasteiger partial charge is 0.482 e. The Morgan fingerprint density at radius 2 is 2.20 bits per heavy atom. The normalized spacial score (nSPS) is 10.7. The van der Waals surface area contributed by atoms with Crippen LogP contribution in [0.1, 0.15) is 33.3 Å². The van der Waals surface area contributed by atoms with Crippen LogP contribution in [0.25, 0.3) is 0 Å². The molecule has 0 fully saturated rings. The zero-order chi connectivity index (χ0) is 14.9. The number of ether oxygens (including phenoxy) is 1. The highest BCUT2D eigenvalue weighted by Gasteiger charge is 2.16. The van der Waals surface area contributed by atoms with Crippen molar-refractivity contribution in [2.75, 3.05) is 0 Å². The molecule has 0 spiro atoms. The number of nitrogens with one attached hydrogen (secondary N) is 1. The summed E-state index contributed by atoms with van der Waals surface area (Å²) < 4.78 is 12.9. The maximum atomic E-state index is 11.4. The molecule has 0 atom stereocenters. The monoisotopic (exact) mass is 278 g/mol. The van der Waals surface area contributed by atoms with Crippen molar-refractivity contribution in [1.29, 1.82) is 0 Å². The second-order valence-electron chi connectivity index (χ2n) is 4.61. The van der Waals surface area contributed by atoms with Gasteiger partial charge in [-0.25, -0.2) is 5.84 Å². The van der Waals surface area contributed by atoms with E-state index in [0.29, 0.717) is 11.3 Å². The highest BCUT2D eigenvalue weighted by Crippen LogP contribution is 2.23. The Hall–Kier alpha value is -2.28. The summed E-state index contributed by atoms with van der Waals surface area (Å²) in [5, 5.41) is 4.27. The van der Waals surface area contributed by atoms with E-state index in [2.05, 4.69) is 5.10 Å². The lowest BCUT2D eigenvalue weighted by atomic mass is 10.2. The van der Waals surface area contributed by atoms with Gasteiger partial charge in [-0.3, -0.25) is 14.9 Å². The van der Waals surface area contributed by atoms with Crippen molar-refractivity contribution in [2.45, 2.75) is 27.4 Å². The number of furan rings is 1. The minimum absolute atomic E-state index is 0.200. The van der Waals surface area contributed by atoms with Crippen LogP contribution in [-0.4, -0.2) is 15.7 Å². The lowest BCUT2D eigenvalue weighted by molar-refractivity contribution is 0.0921. The first-order valence-electron chi connectivity index (χ1n) is 6.17. The molecule has 0 radical (unpaired) electrons. The number of amides is 1. The number of hydrogen-bond acceptors (Lipinski definition) is 5. The van der Waals surface area contributed by atoms with Crippen molar-refractivity contribution >= 4 is 5.91 Å². The third-order valence-electron chi connectivity index (χ3n) is 3.11. The molecule has 0 saturated carbocycles. The van der Waals surface area contributed by atoms with E-state index >= 15 is 0 Å². The average Bonchev–Trinajstić information content (AvgIpc) is 2.89. The Morgan fingerprint density at radius 3 is 2.75 bits per heavy atom. The Bertz CT molecular complexity index is 642. The number of carbonyl (C=O) groups excluding carboxylic acids is 1. The van der Waals surface area contributed by atoms with Crippen molar-refractivity contribution in [3.05, 3.63) is 34.5 Å². The van der Waals surface area contributed by atoms with Gasteiger partial charge in [0.15, 0.2) is 11.5 Å². The molecule has 0 saturated heterocycles. The highest BCUT2D eigenvalue weighted by molar-refractivity contribution is 5.92. The smallest absolute Gasteiger partial charge is 0.301 e. The van der Waals surface area contributed by atoms with Crippen molar-refractivity contribution in [1.82, 2.24) is 15.2 Å². The minimum atomic E-state index is -0.456. The minimum Gasteiger partial charge on any atom is -0.482 e. The summed E-state index contributed by atoms with van der Waals surface area (Å²) in [6, 6.07) is 1.76. The van der Waals surface area contributed by atoms with Crippen LogP contribution >= 0.6 is 0 Å². The van der Waals surface area contributed by atoms with Gasteiger partial charge in [-0.05, 0) is 26.8 Å². The number of rotatable bonds is 4. The molecule has 20 heavy (non-hydrogen) atoms. The molecule has 0 unspecified atom stereocenters. The van der Waals surface area contributed by atoms with Crippen molar-refractivity contribution < 1.29 is 13.9 Å². The van der Waals surface area contributed by atoms with Crippen LogP contribution in [0, 0.1) is 20.8 Å². The van der Waals surface area contributed by atoms with Gasteiger partial charge >= 0.3 is 5.91 Å². The number of nitrogens with two attached hydrogens (primary N) is 1. The number of nitrogen functional groups attached to an aromatic ring is 1. The van der Waals surface area contributed by atoms with E-state index in [4.69, 9.17) is 15.0 Å². The quantitative estimate of drug-likeness (QED) is 0.496. The first kappa shape index (κ1) is 14.1. The van der Waals surface area contributed by atoms with E-state index < -0.39 is 5.91 Å². The standard InChI is InChI=1S/C13H18N4O3/c1-7-5-10(20-11(7)13(18)15-14)6-19-12-8(2)16-17(4)9(12)3/h5H,6,14H2,1-4H3,(H,15,18). The van der Waals surface area contributed by atoms with Crippen LogP contribution in [0.4, 0.5) is 0 Å². The number of aryl methyl sites for hydroxylation is 3. The summed E-state index contributed by atoms with van der Waals surface area (Å²) in [6.07, 6.45) is 0. The molecule has 2 heterocycles. The number of hydrazine groups is 1. The van der Waals surface area contributed by atoms with Crippen LogP contribution in [0.2, 0.25) is 0 Å². The zero-order valence-electron chi connectivity index (χ0n) is 12.0. The van der Waals surface area contributed by atoms with Crippen LogP contribution in [0.15, 0.2) is 10.5 Å². The fourth-order valence-electron chi connectivity index (χ4n) is 2.02. The molecule has 1 amide bonds. The molecule has 0 aliphatic heterocycles. The van der Waals surface area contributed by atoms with Crippen molar-refractivity contribution in [2.24, 2.45) is 12.9 Å². The van der Waals surface area contributed by atoms with Gasteiger partial charge in [0.2, 0.25) is 0 Å². The molecule has 3 N–H and O–H groups in total. The Morgan fingerprint density at radius 1 is 1.50 bits per heavy atom. The molecular weight excluding hydrogens is 260 g/mol. The van der Waals surface area contributed by atoms with E-state index in [1.165, 1.54) is 0 Å². The van der Waals surface area contributed by atoms with E-state index in [0.717, 1.165) is 17.1 Å². The molecule has 2 aromatic rings. The molecule has 0 aromatic carbocycles. The fraction of sp³-hybridized carbons (Fsp3) is 0.385. The van der Waals surface area contributed by atoms with Gasteiger partial charge < -0.3 is 9.15 Å².